The Kier molecular flexibility index (Phi) is 8.09. The molecule has 7 heteroatoms. The molecule has 0 aliphatic carbocycles. The molecule has 1 saturated heterocycles. The van der Waals surface area contributed by atoms with E-state index in [-0.39, 0.29) is 17.0 Å². The van der Waals surface area contributed by atoms with Crippen molar-refractivity contribution in [2.45, 2.75) is 51.2 Å². The zero-order valence-corrected chi connectivity index (χ0v) is 18.1. The van der Waals surface area contributed by atoms with Gasteiger partial charge in [-0.25, -0.2) is 13.1 Å². The van der Waals surface area contributed by atoms with Gasteiger partial charge in [-0.3, -0.25) is 4.90 Å². The van der Waals surface area contributed by atoms with Crippen LogP contribution in [0.15, 0.2) is 29.2 Å². The average Bonchev–Trinajstić information content (AvgIpc) is 2.59. The lowest BCUT2D eigenvalue weighted by Gasteiger charge is -2.38. The molecule has 1 heterocycles. The Hall–Kier alpha value is -1.15. The SMILES string of the molecule is CC(C)CC(CNS(=O)(=O)c1ccc(OC(C)C)cc1)N1CCN(C)CC1. The largest absolute Gasteiger partial charge is 0.491 e. The second-order valence-electron chi connectivity index (χ2n) is 8.11. The molecule has 1 aromatic rings. The van der Waals surface area contributed by atoms with Gasteiger partial charge in [0.15, 0.2) is 0 Å². The van der Waals surface area contributed by atoms with Gasteiger partial charge >= 0.3 is 0 Å². The molecule has 1 aromatic carbocycles. The first-order chi connectivity index (χ1) is 12.7. The molecule has 0 saturated carbocycles. The van der Waals surface area contributed by atoms with E-state index >= 15 is 0 Å². The molecule has 1 fully saturated rings. The number of piperazine rings is 1. The van der Waals surface area contributed by atoms with Crippen LogP contribution in [0.25, 0.3) is 0 Å². The van der Waals surface area contributed by atoms with E-state index in [9.17, 15) is 8.42 Å². The van der Waals surface area contributed by atoms with Crippen LogP contribution in [0.2, 0.25) is 0 Å². The number of nitrogens with zero attached hydrogens (tertiary/aromatic N) is 2. The number of benzene rings is 1. The Balaban J connectivity index is 2.01. The highest BCUT2D eigenvalue weighted by molar-refractivity contribution is 7.89. The quantitative estimate of drug-likeness (QED) is 0.693. The Morgan fingerprint density at radius 3 is 2.15 bits per heavy atom. The molecule has 0 amide bonds. The normalized spacial score (nSPS) is 18.2. The van der Waals surface area contributed by atoms with E-state index in [1.807, 2.05) is 13.8 Å². The lowest BCUT2D eigenvalue weighted by Crippen LogP contribution is -2.52. The lowest BCUT2D eigenvalue weighted by atomic mass is 10.0. The van der Waals surface area contributed by atoms with E-state index in [4.69, 9.17) is 4.74 Å². The van der Waals surface area contributed by atoms with Crippen LogP contribution in [-0.4, -0.2) is 70.1 Å². The predicted molar refractivity (Wildman–Crippen MR) is 110 cm³/mol. The first-order valence-electron chi connectivity index (χ1n) is 9.86. The van der Waals surface area contributed by atoms with Crippen LogP contribution in [0, 0.1) is 5.92 Å². The van der Waals surface area contributed by atoms with Gasteiger partial charge in [0.1, 0.15) is 5.75 Å². The van der Waals surface area contributed by atoms with Gasteiger partial charge in [-0.05, 0) is 57.5 Å². The summed E-state index contributed by atoms with van der Waals surface area (Å²) in [5, 5.41) is 0. The third kappa shape index (κ3) is 7.07. The number of rotatable bonds is 9. The molecule has 0 radical (unpaired) electrons. The zero-order valence-electron chi connectivity index (χ0n) is 17.3. The summed E-state index contributed by atoms with van der Waals surface area (Å²) in [5.41, 5.74) is 0. The fourth-order valence-corrected chi connectivity index (χ4v) is 4.42. The van der Waals surface area contributed by atoms with Crippen molar-refractivity contribution < 1.29 is 13.2 Å². The molecule has 0 bridgehead atoms. The highest BCUT2D eigenvalue weighted by Gasteiger charge is 2.25. The molecule has 1 unspecified atom stereocenters. The van der Waals surface area contributed by atoms with Crippen molar-refractivity contribution in [2.24, 2.45) is 5.92 Å². The Labute approximate surface area is 164 Å². The molecule has 2 rings (SSSR count). The number of likely N-dealkylation sites (N-methyl/N-ethyl adjacent to an activating group) is 1. The van der Waals surface area contributed by atoms with E-state index in [0.717, 1.165) is 32.6 Å². The molecule has 154 valence electrons. The minimum atomic E-state index is -3.53. The minimum Gasteiger partial charge on any atom is -0.491 e. The van der Waals surface area contributed by atoms with Crippen LogP contribution in [0.5, 0.6) is 5.75 Å². The molecule has 1 aliphatic rings. The Morgan fingerprint density at radius 1 is 1.04 bits per heavy atom. The van der Waals surface area contributed by atoms with Crippen molar-refractivity contribution in [1.82, 2.24) is 14.5 Å². The van der Waals surface area contributed by atoms with E-state index in [1.54, 1.807) is 24.3 Å². The number of sulfonamides is 1. The molecule has 27 heavy (non-hydrogen) atoms. The maximum Gasteiger partial charge on any atom is 0.240 e. The average molecular weight is 398 g/mol. The summed E-state index contributed by atoms with van der Waals surface area (Å²) in [6.07, 6.45) is 1.04. The van der Waals surface area contributed by atoms with Crippen molar-refractivity contribution in [2.75, 3.05) is 39.8 Å². The van der Waals surface area contributed by atoms with Crippen molar-refractivity contribution in [3.63, 3.8) is 0 Å². The minimum absolute atomic E-state index is 0.0611. The van der Waals surface area contributed by atoms with E-state index < -0.39 is 10.0 Å². The van der Waals surface area contributed by atoms with Crippen LogP contribution < -0.4 is 9.46 Å². The van der Waals surface area contributed by atoms with Gasteiger partial charge in [-0.2, -0.15) is 0 Å². The number of hydrogen-bond donors (Lipinski definition) is 1. The summed E-state index contributed by atoms with van der Waals surface area (Å²) >= 11 is 0. The summed E-state index contributed by atoms with van der Waals surface area (Å²) in [7, 11) is -1.40. The fourth-order valence-electron chi connectivity index (χ4n) is 3.35. The second kappa shape index (κ2) is 9.87. The summed E-state index contributed by atoms with van der Waals surface area (Å²) in [6, 6.07) is 6.85. The smallest absolute Gasteiger partial charge is 0.240 e. The van der Waals surface area contributed by atoms with Gasteiger partial charge in [-0.1, -0.05) is 13.8 Å². The van der Waals surface area contributed by atoms with Gasteiger partial charge < -0.3 is 9.64 Å². The molecule has 1 atom stereocenters. The summed E-state index contributed by atoms with van der Waals surface area (Å²) in [4.78, 5) is 5.01. The molecule has 6 nitrogen and oxygen atoms in total. The third-order valence-corrected chi connectivity index (χ3v) is 6.25. The predicted octanol–water partition coefficient (Wildman–Crippen LogP) is 2.41. The Bertz CT molecular complexity index is 666. The van der Waals surface area contributed by atoms with Crippen LogP contribution in [0.3, 0.4) is 0 Å². The molecular weight excluding hydrogens is 362 g/mol. The maximum atomic E-state index is 12.7. The Morgan fingerprint density at radius 2 is 1.63 bits per heavy atom. The van der Waals surface area contributed by atoms with Gasteiger partial charge in [0, 0.05) is 38.8 Å². The summed E-state index contributed by atoms with van der Waals surface area (Å²) in [6.45, 7) is 12.7. The topological polar surface area (TPSA) is 61.9 Å². The molecule has 0 aromatic heterocycles. The van der Waals surface area contributed by atoms with E-state index in [0.29, 0.717) is 18.2 Å². The number of nitrogens with one attached hydrogen (secondary N) is 1. The van der Waals surface area contributed by atoms with Gasteiger partial charge in [-0.15, -0.1) is 0 Å². The maximum absolute atomic E-state index is 12.7. The van der Waals surface area contributed by atoms with Crippen LogP contribution in [0.4, 0.5) is 0 Å². The highest BCUT2D eigenvalue weighted by Crippen LogP contribution is 2.18. The van der Waals surface area contributed by atoms with Crippen LogP contribution in [0.1, 0.15) is 34.1 Å². The molecule has 1 aliphatic heterocycles. The van der Waals surface area contributed by atoms with Crippen molar-refractivity contribution in [3.05, 3.63) is 24.3 Å². The van der Waals surface area contributed by atoms with E-state index in [1.165, 1.54) is 0 Å². The molecular formula is C20H35N3O3S. The van der Waals surface area contributed by atoms with Crippen molar-refractivity contribution in [3.8, 4) is 5.75 Å². The van der Waals surface area contributed by atoms with E-state index in [2.05, 4.69) is 35.4 Å². The first kappa shape index (κ1) is 22.1. The summed E-state index contributed by atoms with van der Waals surface area (Å²) in [5.74, 6) is 1.20. The molecule has 1 N–H and O–H groups in total. The third-order valence-electron chi connectivity index (χ3n) is 4.81. The first-order valence-corrected chi connectivity index (χ1v) is 11.3. The van der Waals surface area contributed by atoms with Gasteiger partial charge in [0.05, 0.1) is 11.0 Å². The standard InChI is InChI=1S/C20H35N3O3S/c1-16(2)14-18(23-12-10-22(5)11-13-23)15-21-27(24,25)20-8-6-19(7-9-20)26-17(3)4/h6-9,16-18,21H,10-15H2,1-5H3. The number of hydrogen-bond acceptors (Lipinski definition) is 5. The molecule has 0 spiro atoms. The second-order valence-corrected chi connectivity index (χ2v) is 9.88. The lowest BCUT2D eigenvalue weighted by molar-refractivity contribution is 0.102. The van der Waals surface area contributed by atoms with Gasteiger partial charge in [0.2, 0.25) is 10.0 Å². The summed E-state index contributed by atoms with van der Waals surface area (Å²) < 4.78 is 33.8. The number of ether oxygens (including phenoxy) is 1. The monoisotopic (exact) mass is 397 g/mol. The fraction of sp³-hybridized carbons (Fsp3) is 0.700. The van der Waals surface area contributed by atoms with Gasteiger partial charge in [0.25, 0.3) is 0 Å². The highest BCUT2D eigenvalue weighted by atomic mass is 32.2. The zero-order chi connectivity index (χ0) is 20.0. The van der Waals surface area contributed by atoms with Crippen molar-refractivity contribution >= 4 is 10.0 Å². The van der Waals surface area contributed by atoms with Crippen LogP contribution >= 0.6 is 0 Å². The van der Waals surface area contributed by atoms with Crippen LogP contribution in [-0.2, 0) is 10.0 Å². The van der Waals surface area contributed by atoms with Crippen molar-refractivity contribution in [1.29, 1.82) is 0 Å².